The van der Waals surface area contributed by atoms with Gasteiger partial charge in [0.05, 0.1) is 0 Å². The lowest BCUT2D eigenvalue weighted by molar-refractivity contribution is -0.146. The number of hydrogen-bond donors (Lipinski definition) is 0. The summed E-state index contributed by atoms with van der Waals surface area (Å²) in [7, 11) is 0. The highest BCUT2D eigenvalue weighted by Crippen LogP contribution is 2.35. The second-order valence-corrected chi connectivity index (χ2v) is 7.94. The number of alkyl halides is 3. The third-order valence-electron chi connectivity index (χ3n) is 5.88. The van der Waals surface area contributed by atoms with Crippen LogP contribution in [-0.4, -0.2) is 52.2 Å². The smallest absolute Gasteiger partial charge is 0.453 e. The van der Waals surface area contributed by atoms with E-state index in [2.05, 4.69) is 15.3 Å². The fourth-order valence-corrected chi connectivity index (χ4v) is 4.07. The maximum absolute atomic E-state index is 13.3. The lowest BCUT2D eigenvalue weighted by Gasteiger charge is -2.34. The van der Waals surface area contributed by atoms with Gasteiger partial charge in [-0.1, -0.05) is 0 Å². The molecule has 11 heteroatoms. The number of benzene rings is 1. The highest BCUT2D eigenvalue weighted by atomic mass is 19.4. The quantitative estimate of drug-likeness (QED) is 0.605. The van der Waals surface area contributed by atoms with Crippen LogP contribution >= 0.6 is 0 Å². The SMILES string of the molecule is Cc1c(N2CCC(Oc3ccc4c(c3)OCCO4)CC2)nn2c(C(F)(F)F)nnc2c1C. The minimum absolute atomic E-state index is 0.0143. The van der Waals surface area contributed by atoms with Gasteiger partial charge in [0.2, 0.25) is 0 Å². The topological polar surface area (TPSA) is 74.0 Å². The Labute approximate surface area is 181 Å². The third-order valence-corrected chi connectivity index (χ3v) is 5.88. The van der Waals surface area contributed by atoms with Crippen molar-refractivity contribution in [2.24, 2.45) is 0 Å². The van der Waals surface area contributed by atoms with Crippen molar-refractivity contribution >= 4 is 11.5 Å². The largest absolute Gasteiger partial charge is 0.490 e. The summed E-state index contributed by atoms with van der Waals surface area (Å²) in [5.41, 5.74) is 1.55. The molecule has 0 bridgehead atoms. The number of ether oxygens (including phenoxy) is 3. The second-order valence-electron chi connectivity index (χ2n) is 7.94. The third kappa shape index (κ3) is 3.65. The molecule has 0 atom stereocenters. The molecule has 3 aromatic rings. The summed E-state index contributed by atoms with van der Waals surface area (Å²) in [4.78, 5) is 1.99. The van der Waals surface area contributed by atoms with Gasteiger partial charge in [0.15, 0.2) is 23.0 Å². The second kappa shape index (κ2) is 7.72. The number of fused-ring (bicyclic) bond motifs is 2. The first-order valence-corrected chi connectivity index (χ1v) is 10.4. The monoisotopic (exact) mass is 449 g/mol. The van der Waals surface area contributed by atoms with E-state index in [1.54, 1.807) is 6.92 Å². The molecule has 0 unspecified atom stereocenters. The van der Waals surface area contributed by atoms with E-state index >= 15 is 0 Å². The summed E-state index contributed by atoms with van der Waals surface area (Å²) < 4.78 is 58.0. The minimum atomic E-state index is -4.63. The van der Waals surface area contributed by atoms with Crippen LogP contribution in [0.5, 0.6) is 17.2 Å². The van der Waals surface area contributed by atoms with Gasteiger partial charge in [-0.3, -0.25) is 0 Å². The van der Waals surface area contributed by atoms with Crippen LogP contribution < -0.4 is 19.1 Å². The lowest BCUT2D eigenvalue weighted by Crippen LogP contribution is -2.39. The Hall–Kier alpha value is -3.24. The van der Waals surface area contributed by atoms with Crippen molar-refractivity contribution in [1.29, 1.82) is 0 Å². The first-order chi connectivity index (χ1) is 15.3. The summed E-state index contributed by atoms with van der Waals surface area (Å²) in [6, 6.07) is 5.52. The van der Waals surface area contributed by atoms with Gasteiger partial charge < -0.3 is 19.1 Å². The maximum atomic E-state index is 13.3. The van der Waals surface area contributed by atoms with Crippen molar-refractivity contribution in [1.82, 2.24) is 19.8 Å². The zero-order valence-electron chi connectivity index (χ0n) is 17.6. The maximum Gasteiger partial charge on any atom is 0.453 e. The fourth-order valence-electron chi connectivity index (χ4n) is 4.07. The van der Waals surface area contributed by atoms with E-state index in [1.807, 2.05) is 30.0 Å². The van der Waals surface area contributed by atoms with Gasteiger partial charge in [-0.2, -0.15) is 17.7 Å². The van der Waals surface area contributed by atoms with Gasteiger partial charge in [0.1, 0.15) is 25.1 Å². The van der Waals surface area contributed by atoms with E-state index in [9.17, 15) is 13.2 Å². The van der Waals surface area contributed by atoms with Gasteiger partial charge in [0.25, 0.3) is 5.82 Å². The Bertz CT molecular complexity index is 1160. The molecule has 32 heavy (non-hydrogen) atoms. The van der Waals surface area contributed by atoms with E-state index in [-0.39, 0.29) is 11.8 Å². The molecule has 0 N–H and O–H groups in total. The van der Waals surface area contributed by atoms with Crippen molar-refractivity contribution in [3.63, 3.8) is 0 Å². The van der Waals surface area contributed by atoms with Crippen molar-refractivity contribution in [2.45, 2.75) is 39.0 Å². The number of piperidine rings is 1. The van der Waals surface area contributed by atoms with Gasteiger partial charge in [-0.05, 0) is 26.0 Å². The molecule has 0 aliphatic carbocycles. The molecular formula is C21H22F3N5O3. The molecule has 2 aromatic heterocycles. The number of aryl methyl sites for hydroxylation is 1. The Kier molecular flexibility index (Phi) is 4.98. The van der Waals surface area contributed by atoms with E-state index < -0.39 is 12.0 Å². The van der Waals surface area contributed by atoms with Crippen molar-refractivity contribution in [3.8, 4) is 17.2 Å². The molecule has 8 nitrogen and oxygen atoms in total. The fraction of sp³-hybridized carbons (Fsp3) is 0.476. The van der Waals surface area contributed by atoms with Gasteiger partial charge in [-0.25, -0.2) is 0 Å². The van der Waals surface area contributed by atoms with Crippen LogP contribution in [0.1, 0.15) is 29.8 Å². The molecule has 1 aromatic carbocycles. The predicted molar refractivity (Wildman–Crippen MR) is 109 cm³/mol. The summed E-state index contributed by atoms with van der Waals surface area (Å²) in [6.45, 7) is 5.84. The Morgan fingerprint density at radius 3 is 2.44 bits per heavy atom. The molecule has 5 rings (SSSR count). The molecule has 0 radical (unpaired) electrons. The molecule has 0 spiro atoms. The molecule has 0 saturated carbocycles. The Morgan fingerprint density at radius 2 is 1.72 bits per heavy atom. The van der Waals surface area contributed by atoms with Crippen LogP contribution in [0.15, 0.2) is 18.2 Å². The van der Waals surface area contributed by atoms with Crippen LogP contribution in [0, 0.1) is 13.8 Å². The minimum Gasteiger partial charge on any atom is -0.490 e. The molecule has 170 valence electrons. The number of halogens is 3. The highest BCUT2D eigenvalue weighted by Gasteiger charge is 2.38. The highest BCUT2D eigenvalue weighted by molar-refractivity contribution is 5.59. The van der Waals surface area contributed by atoms with Crippen LogP contribution in [0.3, 0.4) is 0 Å². The van der Waals surface area contributed by atoms with E-state index in [1.165, 1.54) is 0 Å². The molecule has 1 saturated heterocycles. The number of aromatic nitrogens is 4. The zero-order chi connectivity index (χ0) is 22.5. The molecule has 0 amide bonds. The van der Waals surface area contributed by atoms with E-state index in [0.29, 0.717) is 67.8 Å². The van der Waals surface area contributed by atoms with E-state index in [0.717, 1.165) is 10.1 Å². The first-order valence-electron chi connectivity index (χ1n) is 10.4. The van der Waals surface area contributed by atoms with Gasteiger partial charge in [0, 0.05) is 43.1 Å². The number of anilines is 1. The van der Waals surface area contributed by atoms with Crippen LogP contribution in [0.25, 0.3) is 5.65 Å². The molecule has 1 fully saturated rings. The van der Waals surface area contributed by atoms with Gasteiger partial charge >= 0.3 is 6.18 Å². The number of hydrogen-bond acceptors (Lipinski definition) is 7. The van der Waals surface area contributed by atoms with Crippen molar-refractivity contribution in [3.05, 3.63) is 35.2 Å². The Balaban J connectivity index is 1.32. The number of nitrogens with zero attached hydrogens (tertiary/aromatic N) is 5. The molecule has 4 heterocycles. The summed E-state index contributed by atoms with van der Waals surface area (Å²) >= 11 is 0. The van der Waals surface area contributed by atoms with E-state index in [4.69, 9.17) is 14.2 Å². The lowest BCUT2D eigenvalue weighted by atomic mass is 10.1. The van der Waals surface area contributed by atoms with Crippen molar-refractivity contribution in [2.75, 3.05) is 31.2 Å². The summed E-state index contributed by atoms with van der Waals surface area (Å²) in [5.74, 6) is 1.48. The zero-order valence-corrected chi connectivity index (χ0v) is 17.6. The number of rotatable bonds is 3. The molecular weight excluding hydrogens is 427 g/mol. The van der Waals surface area contributed by atoms with Crippen molar-refractivity contribution < 1.29 is 27.4 Å². The van der Waals surface area contributed by atoms with Crippen LogP contribution in [0.4, 0.5) is 19.0 Å². The Morgan fingerprint density at radius 1 is 1.00 bits per heavy atom. The summed E-state index contributed by atoms with van der Waals surface area (Å²) in [5, 5.41) is 11.3. The molecule has 2 aliphatic heterocycles. The summed E-state index contributed by atoms with van der Waals surface area (Å²) in [6.07, 6.45) is -3.22. The first kappa shape index (κ1) is 20.7. The standard InChI is InChI=1S/C21H22F3N5O3/c1-12-13(2)19(27-29-18(12)25-26-20(29)21(22,23)24)28-7-5-14(6-8-28)32-15-3-4-16-17(11-15)31-10-9-30-16/h3-4,11,14H,5-10H2,1-2H3. The predicted octanol–water partition coefficient (Wildman–Crippen LogP) is 3.58. The van der Waals surface area contributed by atoms with Crippen LogP contribution in [0.2, 0.25) is 0 Å². The van der Waals surface area contributed by atoms with Crippen LogP contribution in [-0.2, 0) is 6.18 Å². The normalized spacial score (nSPS) is 17.1. The molecule has 2 aliphatic rings. The average molecular weight is 449 g/mol. The van der Waals surface area contributed by atoms with Gasteiger partial charge in [-0.15, -0.1) is 15.3 Å². The average Bonchev–Trinajstić information content (AvgIpc) is 3.22.